The van der Waals surface area contributed by atoms with Crippen molar-refractivity contribution >= 4 is 51.3 Å². The van der Waals surface area contributed by atoms with Crippen LogP contribution >= 0.6 is 23.2 Å². The fourth-order valence-electron chi connectivity index (χ4n) is 1.89. The number of aliphatic carboxylic acids is 1. The number of aromatic nitrogens is 5. The van der Waals surface area contributed by atoms with E-state index in [-0.39, 0.29) is 6.54 Å². The van der Waals surface area contributed by atoms with Crippen LogP contribution in [0.5, 0.6) is 0 Å². The zero-order chi connectivity index (χ0) is 15.7. The summed E-state index contributed by atoms with van der Waals surface area (Å²) >= 11 is 12.1. The number of hydrogen-bond acceptors (Lipinski definition) is 4. The number of hydrogen-bond donors (Lipinski definition) is 2. The summed E-state index contributed by atoms with van der Waals surface area (Å²) in [6.07, 6.45) is 3.03. The number of halogens is 2. The van der Waals surface area contributed by atoms with Crippen molar-refractivity contribution in [2.75, 3.05) is 0 Å². The van der Waals surface area contributed by atoms with Gasteiger partial charge >= 0.3 is 5.97 Å². The van der Waals surface area contributed by atoms with E-state index < -0.39 is 5.97 Å². The number of carbonyl (C=O) groups is 1. The van der Waals surface area contributed by atoms with E-state index in [1.54, 1.807) is 24.3 Å². The Morgan fingerprint density at radius 1 is 1.45 bits per heavy atom. The lowest BCUT2D eigenvalue weighted by molar-refractivity contribution is -0.137. The van der Waals surface area contributed by atoms with E-state index in [0.717, 1.165) is 11.0 Å². The molecule has 0 spiro atoms. The van der Waals surface area contributed by atoms with Crippen molar-refractivity contribution in [3.05, 3.63) is 40.9 Å². The van der Waals surface area contributed by atoms with Gasteiger partial charge in [0.1, 0.15) is 18.1 Å². The molecular weight excluding hydrogens is 329 g/mol. The number of imidazole rings is 1. The van der Waals surface area contributed by atoms with Crippen LogP contribution in [-0.4, -0.2) is 36.0 Å². The average molecular weight is 338 g/mol. The van der Waals surface area contributed by atoms with E-state index in [2.05, 4.69) is 20.3 Å². The van der Waals surface area contributed by atoms with Gasteiger partial charge in [0.25, 0.3) is 0 Å². The van der Waals surface area contributed by atoms with Gasteiger partial charge in [-0.2, -0.15) is 0 Å². The molecule has 0 bridgehead atoms. The lowest BCUT2D eigenvalue weighted by Gasteiger charge is -1.92. The van der Waals surface area contributed by atoms with E-state index in [0.29, 0.717) is 21.6 Å². The van der Waals surface area contributed by atoms with Crippen molar-refractivity contribution < 1.29 is 9.90 Å². The molecule has 0 atom stereocenters. The van der Waals surface area contributed by atoms with E-state index in [1.807, 2.05) is 0 Å². The first-order valence-corrected chi connectivity index (χ1v) is 6.91. The van der Waals surface area contributed by atoms with Crippen molar-refractivity contribution in [1.29, 1.82) is 0 Å². The molecule has 112 valence electrons. The topological polar surface area (TPSA) is 96.7 Å². The lowest BCUT2D eigenvalue weighted by atomic mass is 10.3. The molecule has 0 amide bonds. The first-order valence-electron chi connectivity index (χ1n) is 6.16. The first-order chi connectivity index (χ1) is 10.5. The molecule has 1 aromatic carbocycles. The van der Waals surface area contributed by atoms with Crippen LogP contribution in [0.1, 0.15) is 11.5 Å². The molecule has 0 saturated heterocycles. The van der Waals surface area contributed by atoms with Gasteiger partial charge in [0.2, 0.25) is 0 Å². The van der Waals surface area contributed by atoms with Crippen LogP contribution < -0.4 is 0 Å². The third kappa shape index (κ3) is 3.10. The van der Waals surface area contributed by atoms with Crippen molar-refractivity contribution in [2.24, 2.45) is 0 Å². The van der Waals surface area contributed by atoms with Crippen molar-refractivity contribution in [1.82, 2.24) is 25.0 Å². The molecule has 2 heterocycles. The second-order valence-corrected chi connectivity index (χ2v) is 5.32. The minimum Gasteiger partial charge on any atom is -0.480 e. The molecule has 22 heavy (non-hydrogen) atoms. The first kappa shape index (κ1) is 14.6. The van der Waals surface area contributed by atoms with Gasteiger partial charge in [-0.25, -0.2) is 9.67 Å². The zero-order valence-corrected chi connectivity index (χ0v) is 12.5. The second-order valence-electron chi connectivity index (χ2n) is 4.47. The fraction of sp³-hybridized carbons (Fsp3) is 0.0769. The molecule has 0 saturated carbocycles. The SMILES string of the molecule is O=C(O)Cn1cc(/C=C(/Cl)c2nc3ccc(Cl)cc3[nH]2)nn1. The largest absolute Gasteiger partial charge is 0.480 e. The smallest absolute Gasteiger partial charge is 0.325 e. The standard InChI is InChI=1S/C13H9Cl2N5O2/c14-7-1-2-10-11(3-7)17-13(16-10)9(15)4-8-5-20(19-18-8)6-12(21)22/h1-5H,6H2,(H,16,17)(H,21,22)/b9-4+. The number of fused-ring (bicyclic) bond motifs is 1. The third-order valence-electron chi connectivity index (χ3n) is 2.80. The quantitative estimate of drug-likeness (QED) is 0.762. The molecule has 0 aliphatic carbocycles. The number of H-pyrrole nitrogens is 1. The van der Waals surface area contributed by atoms with Crippen LogP contribution in [0, 0.1) is 0 Å². The fourth-order valence-corrected chi connectivity index (χ4v) is 2.26. The predicted octanol–water partition coefficient (Wildman–Crippen LogP) is 2.63. The number of carboxylic acid groups (broad SMARTS) is 1. The van der Waals surface area contributed by atoms with Crippen LogP contribution in [0.2, 0.25) is 5.02 Å². The number of benzene rings is 1. The monoisotopic (exact) mass is 337 g/mol. The third-order valence-corrected chi connectivity index (χ3v) is 3.32. The van der Waals surface area contributed by atoms with Crippen LogP contribution in [-0.2, 0) is 11.3 Å². The molecule has 9 heteroatoms. The summed E-state index contributed by atoms with van der Waals surface area (Å²) in [5, 5.41) is 17.1. The Morgan fingerprint density at radius 2 is 2.27 bits per heavy atom. The Bertz CT molecular complexity index is 884. The van der Waals surface area contributed by atoms with E-state index in [4.69, 9.17) is 28.3 Å². The number of rotatable bonds is 4. The van der Waals surface area contributed by atoms with Gasteiger partial charge in [-0.15, -0.1) is 5.10 Å². The average Bonchev–Trinajstić information content (AvgIpc) is 3.04. The van der Waals surface area contributed by atoms with Gasteiger partial charge in [-0.1, -0.05) is 28.4 Å². The van der Waals surface area contributed by atoms with Gasteiger partial charge in [0.15, 0.2) is 0 Å². The van der Waals surface area contributed by atoms with Crippen molar-refractivity contribution in [3.8, 4) is 0 Å². The van der Waals surface area contributed by atoms with Crippen LogP contribution in [0.15, 0.2) is 24.4 Å². The Morgan fingerprint density at radius 3 is 3.05 bits per heavy atom. The molecule has 2 aromatic heterocycles. The second kappa shape index (κ2) is 5.78. The highest BCUT2D eigenvalue weighted by Gasteiger charge is 2.08. The summed E-state index contributed by atoms with van der Waals surface area (Å²) in [4.78, 5) is 18.0. The number of aromatic amines is 1. The molecule has 3 aromatic rings. The van der Waals surface area contributed by atoms with E-state index in [9.17, 15) is 4.79 Å². The van der Waals surface area contributed by atoms with Crippen LogP contribution in [0.25, 0.3) is 22.1 Å². The van der Waals surface area contributed by atoms with E-state index in [1.165, 1.54) is 10.9 Å². The molecule has 3 rings (SSSR count). The van der Waals surface area contributed by atoms with Gasteiger partial charge in [0, 0.05) is 5.02 Å². The molecule has 0 radical (unpaired) electrons. The maximum absolute atomic E-state index is 10.6. The normalized spacial score (nSPS) is 12.0. The maximum Gasteiger partial charge on any atom is 0.325 e. The molecule has 0 aliphatic rings. The molecule has 0 aliphatic heterocycles. The predicted molar refractivity (Wildman–Crippen MR) is 82.5 cm³/mol. The molecular formula is C13H9Cl2N5O2. The number of nitrogens with one attached hydrogen (secondary N) is 1. The molecule has 2 N–H and O–H groups in total. The van der Waals surface area contributed by atoms with Gasteiger partial charge in [-0.05, 0) is 24.3 Å². The highest BCUT2D eigenvalue weighted by atomic mass is 35.5. The zero-order valence-electron chi connectivity index (χ0n) is 11.0. The minimum absolute atomic E-state index is 0.262. The Kier molecular flexibility index (Phi) is 3.82. The Labute approximate surface area is 134 Å². The minimum atomic E-state index is -0.999. The Hall–Kier alpha value is -2.38. The number of nitrogens with zero attached hydrogens (tertiary/aromatic N) is 4. The van der Waals surface area contributed by atoms with Crippen LogP contribution in [0.4, 0.5) is 0 Å². The van der Waals surface area contributed by atoms with E-state index >= 15 is 0 Å². The summed E-state index contributed by atoms with van der Waals surface area (Å²) in [5.41, 5.74) is 1.94. The van der Waals surface area contributed by atoms with Crippen molar-refractivity contribution in [3.63, 3.8) is 0 Å². The summed E-state index contributed by atoms with van der Waals surface area (Å²) in [5.74, 6) is -0.535. The lowest BCUT2D eigenvalue weighted by Crippen LogP contribution is -2.08. The summed E-state index contributed by atoms with van der Waals surface area (Å²) in [6.45, 7) is -0.262. The van der Waals surface area contributed by atoms with Gasteiger partial charge in [0.05, 0.1) is 22.3 Å². The maximum atomic E-state index is 10.6. The number of carboxylic acids is 1. The van der Waals surface area contributed by atoms with Gasteiger partial charge < -0.3 is 10.1 Å². The van der Waals surface area contributed by atoms with Crippen LogP contribution in [0.3, 0.4) is 0 Å². The molecule has 7 nitrogen and oxygen atoms in total. The summed E-state index contributed by atoms with van der Waals surface area (Å²) in [6, 6.07) is 5.27. The molecule has 0 unspecified atom stereocenters. The highest BCUT2D eigenvalue weighted by Crippen LogP contribution is 2.23. The van der Waals surface area contributed by atoms with Gasteiger partial charge in [-0.3, -0.25) is 4.79 Å². The van der Waals surface area contributed by atoms with Crippen molar-refractivity contribution in [2.45, 2.75) is 6.54 Å². The highest BCUT2D eigenvalue weighted by molar-refractivity contribution is 6.50. The summed E-state index contributed by atoms with van der Waals surface area (Å²) < 4.78 is 1.21. The Balaban J connectivity index is 1.89. The molecule has 0 fully saturated rings. The summed E-state index contributed by atoms with van der Waals surface area (Å²) in [7, 11) is 0.